The average molecular weight is 204 g/mol. The third kappa shape index (κ3) is 43.9. The predicted molar refractivity (Wildman–Crippen MR) is 35.5 cm³/mol. The molecule has 6 N–H and O–H groups in total. The van der Waals surface area contributed by atoms with E-state index in [1.807, 2.05) is 0 Å². The van der Waals surface area contributed by atoms with Crippen molar-refractivity contribution in [3.8, 4) is 0 Å². The second-order valence-corrected chi connectivity index (χ2v) is 1.09. The van der Waals surface area contributed by atoms with E-state index in [1.165, 1.54) is 13.8 Å². The molecule has 0 aromatic carbocycles. The summed E-state index contributed by atoms with van der Waals surface area (Å²) in [6.07, 6.45) is 0. The standard InChI is InChI=1S/C4H6O3.2Na.3H2O.2H/c1-3(5)7-4(2)6;;;;;;;/h1-2H3;;;3*1H2;;/q;2*+1;;;;2*-1. The van der Waals surface area contributed by atoms with Gasteiger partial charge in [0.2, 0.25) is 0 Å². The Hall–Kier alpha value is 1.02. The molecule has 0 saturated heterocycles. The number of rotatable bonds is 0. The Morgan fingerprint density at radius 1 is 0.917 bits per heavy atom. The van der Waals surface area contributed by atoms with E-state index in [9.17, 15) is 9.59 Å². The van der Waals surface area contributed by atoms with Gasteiger partial charge in [-0.1, -0.05) is 0 Å². The van der Waals surface area contributed by atoms with E-state index in [-0.39, 0.29) is 78.4 Å². The monoisotopic (exact) mass is 204 g/mol. The van der Waals surface area contributed by atoms with Crippen LogP contribution in [0.3, 0.4) is 0 Å². The van der Waals surface area contributed by atoms with Crippen LogP contribution >= 0.6 is 0 Å². The molecule has 8 heteroatoms. The van der Waals surface area contributed by atoms with Gasteiger partial charge in [0.1, 0.15) is 0 Å². The van der Waals surface area contributed by atoms with Gasteiger partial charge in [-0.15, -0.1) is 0 Å². The van der Waals surface area contributed by atoms with Crippen molar-refractivity contribution in [3.63, 3.8) is 0 Å². The number of carbonyl (C=O) groups excluding carboxylic acids is 2. The van der Waals surface area contributed by atoms with Gasteiger partial charge in [0.15, 0.2) is 0 Å². The summed E-state index contributed by atoms with van der Waals surface area (Å²) in [7, 11) is 0. The first kappa shape index (κ1) is 38.2. The summed E-state index contributed by atoms with van der Waals surface area (Å²) in [4.78, 5) is 19.6. The van der Waals surface area contributed by atoms with Crippen LogP contribution in [0.15, 0.2) is 0 Å². The van der Waals surface area contributed by atoms with E-state index < -0.39 is 11.9 Å². The molecule has 0 aliphatic heterocycles. The first-order valence-electron chi connectivity index (χ1n) is 1.82. The van der Waals surface area contributed by atoms with Crippen LogP contribution in [0.25, 0.3) is 0 Å². The zero-order chi connectivity index (χ0) is 5.86. The van der Waals surface area contributed by atoms with E-state index in [0.717, 1.165) is 0 Å². The molecule has 0 radical (unpaired) electrons. The molecular weight excluding hydrogens is 190 g/mol. The van der Waals surface area contributed by atoms with Crippen molar-refractivity contribution in [2.75, 3.05) is 0 Å². The quantitative estimate of drug-likeness (QED) is 0.220. The summed E-state index contributed by atoms with van der Waals surface area (Å²) in [5.74, 6) is -1.12. The largest absolute Gasteiger partial charge is 1.00 e. The summed E-state index contributed by atoms with van der Waals surface area (Å²) in [6, 6.07) is 0. The molecule has 0 aliphatic rings. The average Bonchev–Trinajstić information content (AvgIpc) is 1.27. The smallest absolute Gasteiger partial charge is 1.00 e. The summed E-state index contributed by atoms with van der Waals surface area (Å²) in [5, 5.41) is 0. The van der Waals surface area contributed by atoms with Crippen LogP contribution in [-0.4, -0.2) is 28.4 Å². The molecule has 0 heterocycles. The topological polar surface area (TPSA) is 138 Å². The minimum absolute atomic E-state index is 0. The summed E-state index contributed by atoms with van der Waals surface area (Å²) < 4.78 is 3.97. The van der Waals surface area contributed by atoms with Gasteiger partial charge in [-0.2, -0.15) is 0 Å². The molecule has 12 heavy (non-hydrogen) atoms. The van der Waals surface area contributed by atoms with Gasteiger partial charge in [0.05, 0.1) is 0 Å². The molecule has 0 fully saturated rings. The van der Waals surface area contributed by atoms with E-state index in [0.29, 0.717) is 0 Å². The van der Waals surface area contributed by atoms with E-state index >= 15 is 0 Å². The molecule has 0 atom stereocenters. The van der Waals surface area contributed by atoms with E-state index in [1.54, 1.807) is 0 Å². The summed E-state index contributed by atoms with van der Waals surface area (Å²) in [6.45, 7) is 2.36. The van der Waals surface area contributed by atoms with Crippen molar-refractivity contribution >= 4 is 11.9 Å². The van der Waals surface area contributed by atoms with E-state index in [2.05, 4.69) is 4.74 Å². The van der Waals surface area contributed by atoms with Crippen LogP contribution in [0, 0.1) is 0 Å². The maximum atomic E-state index is 9.81. The minimum Gasteiger partial charge on any atom is -1.00 e. The minimum atomic E-state index is -0.562. The van der Waals surface area contributed by atoms with Gasteiger partial charge in [-0.25, -0.2) is 0 Å². The molecule has 0 saturated carbocycles. The number of hydrogen-bond acceptors (Lipinski definition) is 3. The van der Waals surface area contributed by atoms with Crippen LogP contribution in [-0.2, 0) is 14.3 Å². The van der Waals surface area contributed by atoms with Crippen molar-refractivity contribution in [1.29, 1.82) is 0 Å². The molecule has 0 aliphatic carbocycles. The Morgan fingerprint density at radius 3 is 1.08 bits per heavy atom. The SMILES string of the molecule is CC(=O)OC(C)=O.O.O.O.[H-].[H-].[Na+].[Na+]. The fourth-order valence-electron chi connectivity index (χ4n) is 0.202. The van der Waals surface area contributed by atoms with Gasteiger partial charge < -0.3 is 24.0 Å². The molecule has 0 rings (SSSR count). The Labute approximate surface area is 118 Å². The summed E-state index contributed by atoms with van der Waals surface area (Å²) >= 11 is 0. The Morgan fingerprint density at radius 2 is 1.08 bits per heavy atom. The predicted octanol–water partition coefficient (Wildman–Crippen LogP) is -8.15. The zero-order valence-corrected chi connectivity index (χ0v) is 11.7. The number of ether oxygens (including phenoxy) is 1. The van der Waals surface area contributed by atoms with Gasteiger partial charge in [0.25, 0.3) is 0 Å². The van der Waals surface area contributed by atoms with Crippen molar-refractivity contribution in [3.05, 3.63) is 0 Å². The van der Waals surface area contributed by atoms with Gasteiger partial charge >= 0.3 is 71.1 Å². The van der Waals surface area contributed by atoms with Gasteiger partial charge in [0, 0.05) is 13.8 Å². The second kappa shape index (κ2) is 22.7. The normalized spacial score (nSPS) is 4.50. The van der Waals surface area contributed by atoms with Crippen LogP contribution in [0.4, 0.5) is 0 Å². The molecule has 0 aromatic rings. The second-order valence-electron chi connectivity index (χ2n) is 1.09. The van der Waals surface area contributed by atoms with Crippen LogP contribution in [0.1, 0.15) is 16.7 Å². The first-order chi connectivity index (χ1) is 3.13. The van der Waals surface area contributed by atoms with Gasteiger partial charge in [-0.3, -0.25) is 9.59 Å². The molecule has 0 amide bonds. The molecule has 6 nitrogen and oxygen atoms in total. The molecule has 0 aromatic heterocycles. The third-order valence-corrected chi connectivity index (χ3v) is 0.287. The fourth-order valence-corrected chi connectivity index (χ4v) is 0.202. The zero-order valence-electron chi connectivity index (χ0n) is 9.72. The Balaban J connectivity index is -0.00000000857. The molecular formula is C4H14Na2O6. The van der Waals surface area contributed by atoms with Crippen LogP contribution in [0.2, 0.25) is 0 Å². The molecule has 0 spiro atoms. The maximum Gasteiger partial charge on any atom is 1.00 e. The molecule has 0 bridgehead atoms. The fraction of sp³-hybridized carbons (Fsp3) is 0.500. The third-order valence-electron chi connectivity index (χ3n) is 0.287. The van der Waals surface area contributed by atoms with E-state index in [4.69, 9.17) is 0 Å². The summed E-state index contributed by atoms with van der Waals surface area (Å²) in [5.41, 5.74) is 0. The maximum absolute atomic E-state index is 9.81. The molecule has 0 unspecified atom stereocenters. The first-order valence-corrected chi connectivity index (χ1v) is 1.82. The van der Waals surface area contributed by atoms with Crippen molar-refractivity contribution in [2.45, 2.75) is 13.8 Å². The Kier molecular flexibility index (Phi) is 72.2. The number of esters is 2. The number of carbonyl (C=O) groups is 2. The van der Waals surface area contributed by atoms with Crippen molar-refractivity contribution in [2.24, 2.45) is 0 Å². The van der Waals surface area contributed by atoms with Crippen LogP contribution < -0.4 is 59.1 Å². The van der Waals surface area contributed by atoms with Crippen molar-refractivity contribution < 1.29 is 92.7 Å². The Bertz CT molecular complexity index is 102. The molecule has 68 valence electrons. The van der Waals surface area contributed by atoms with Crippen molar-refractivity contribution in [1.82, 2.24) is 0 Å². The van der Waals surface area contributed by atoms with Crippen LogP contribution in [0.5, 0.6) is 0 Å². The number of hydrogen-bond donors (Lipinski definition) is 0. The van der Waals surface area contributed by atoms with Gasteiger partial charge in [-0.05, 0) is 0 Å².